The summed E-state index contributed by atoms with van der Waals surface area (Å²) in [5, 5.41) is 3.21. The first-order chi connectivity index (χ1) is 7.39. The average Bonchev–Trinajstić information content (AvgIpc) is 2.09. The number of hydrogen-bond donors (Lipinski definition) is 2. The first-order valence-corrected chi connectivity index (χ1v) is 7.77. The average molecular weight is 248 g/mol. The minimum Gasteiger partial charge on any atom is -0.314 e. The van der Waals surface area contributed by atoms with E-state index in [0.717, 1.165) is 19.4 Å². The van der Waals surface area contributed by atoms with E-state index in [2.05, 4.69) is 30.8 Å². The minimum absolute atomic E-state index is 0.193. The number of hydrogen-bond acceptors (Lipinski definition) is 3. The van der Waals surface area contributed by atoms with Crippen LogP contribution < -0.4 is 10.0 Å². The van der Waals surface area contributed by atoms with Gasteiger partial charge >= 0.3 is 0 Å². The highest BCUT2D eigenvalue weighted by Gasteiger charge is 2.28. The first-order valence-electron chi connectivity index (χ1n) is 6.12. The van der Waals surface area contributed by atoms with Crippen LogP contribution in [0.1, 0.15) is 40.0 Å². The van der Waals surface area contributed by atoms with E-state index in [0.29, 0.717) is 18.4 Å². The Morgan fingerprint density at radius 1 is 1.31 bits per heavy atom. The van der Waals surface area contributed by atoms with Crippen LogP contribution >= 0.6 is 0 Å². The van der Waals surface area contributed by atoms with Crippen molar-refractivity contribution in [3.05, 3.63) is 0 Å². The van der Waals surface area contributed by atoms with Crippen LogP contribution in [-0.4, -0.2) is 32.8 Å². The van der Waals surface area contributed by atoms with Gasteiger partial charge < -0.3 is 5.32 Å². The second-order valence-corrected chi connectivity index (χ2v) is 7.05. The van der Waals surface area contributed by atoms with Crippen LogP contribution in [-0.2, 0) is 10.0 Å². The Labute approximate surface area is 99.2 Å². The molecule has 0 aliphatic heterocycles. The van der Waals surface area contributed by atoms with Gasteiger partial charge in [0.05, 0.1) is 5.75 Å². The van der Waals surface area contributed by atoms with Crippen LogP contribution in [0.3, 0.4) is 0 Å². The normalized spacial score (nSPS) is 25.8. The summed E-state index contributed by atoms with van der Waals surface area (Å²) in [7, 11) is -3.05. The van der Waals surface area contributed by atoms with Crippen molar-refractivity contribution in [3.63, 3.8) is 0 Å². The summed E-state index contributed by atoms with van der Waals surface area (Å²) >= 11 is 0. The molecule has 1 fully saturated rings. The summed E-state index contributed by atoms with van der Waals surface area (Å²) in [5.41, 5.74) is 0. The summed E-state index contributed by atoms with van der Waals surface area (Å²) in [6, 6.07) is 0.612. The van der Waals surface area contributed by atoms with Gasteiger partial charge in [0.1, 0.15) is 0 Å². The van der Waals surface area contributed by atoms with Gasteiger partial charge in [-0.05, 0) is 31.7 Å². The van der Waals surface area contributed by atoms with E-state index in [4.69, 9.17) is 0 Å². The molecule has 0 aromatic carbocycles. The van der Waals surface area contributed by atoms with E-state index in [-0.39, 0.29) is 11.8 Å². The molecule has 0 radical (unpaired) electrons. The van der Waals surface area contributed by atoms with Crippen molar-refractivity contribution in [1.29, 1.82) is 0 Å². The molecular weight excluding hydrogens is 224 g/mol. The van der Waals surface area contributed by atoms with Crippen molar-refractivity contribution in [2.45, 2.75) is 52.1 Å². The van der Waals surface area contributed by atoms with E-state index in [9.17, 15) is 8.42 Å². The summed E-state index contributed by atoms with van der Waals surface area (Å²) in [5.74, 6) is 0.910. The lowest BCUT2D eigenvalue weighted by atomic mass is 9.83. The Bertz CT molecular complexity index is 295. The lowest BCUT2D eigenvalue weighted by Crippen LogP contribution is -2.44. The molecule has 0 aromatic heterocycles. The molecule has 5 heteroatoms. The number of sulfonamides is 1. The molecule has 0 spiro atoms. The van der Waals surface area contributed by atoms with Crippen molar-refractivity contribution >= 4 is 10.0 Å². The highest BCUT2D eigenvalue weighted by Crippen LogP contribution is 2.26. The van der Waals surface area contributed by atoms with E-state index in [1.54, 1.807) is 0 Å². The summed E-state index contributed by atoms with van der Waals surface area (Å²) < 4.78 is 26.0. The summed E-state index contributed by atoms with van der Waals surface area (Å²) in [6.07, 6.45) is 2.66. The first kappa shape index (κ1) is 13.9. The molecule has 0 saturated heterocycles. The zero-order valence-corrected chi connectivity index (χ0v) is 11.3. The smallest absolute Gasteiger partial charge is 0.211 e. The predicted molar refractivity (Wildman–Crippen MR) is 66.9 cm³/mol. The Morgan fingerprint density at radius 2 is 1.94 bits per heavy atom. The molecule has 0 atom stereocenters. The van der Waals surface area contributed by atoms with Crippen molar-refractivity contribution in [2.24, 2.45) is 5.92 Å². The fraction of sp³-hybridized carbons (Fsp3) is 1.00. The molecule has 1 saturated carbocycles. The molecule has 16 heavy (non-hydrogen) atoms. The van der Waals surface area contributed by atoms with E-state index in [1.165, 1.54) is 0 Å². The van der Waals surface area contributed by atoms with Gasteiger partial charge in [0.25, 0.3) is 0 Å². The van der Waals surface area contributed by atoms with Crippen LogP contribution in [0.15, 0.2) is 0 Å². The standard InChI is InChI=1S/C11H24N2O2S/c1-9(2)12-5-4-6-16(14,15)13-11-7-10(3)8-11/h9-13H,4-8H2,1-3H3. The molecule has 4 nitrogen and oxygen atoms in total. The highest BCUT2D eigenvalue weighted by molar-refractivity contribution is 7.89. The molecule has 1 rings (SSSR count). The Morgan fingerprint density at radius 3 is 2.44 bits per heavy atom. The number of nitrogens with one attached hydrogen (secondary N) is 2. The molecule has 96 valence electrons. The van der Waals surface area contributed by atoms with Crippen LogP contribution in [0, 0.1) is 5.92 Å². The van der Waals surface area contributed by atoms with E-state index in [1.807, 2.05) is 0 Å². The van der Waals surface area contributed by atoms with Crippen molar-refractivity contribution in [3.8, 4) is 0 Å². The Kier molecular flexibility index (Phi) is 5.21. The lowest BCUT2D eigenvalue weighted by Gasteiger charge is -2.32. The maximum Gasteiger partial charge on any atom is 0.211 e. The third kappa shape index (κ3) is 5.27. The lowest BCUT2D eigenvalue weighted by molar-refractivity contribution is 0.270. The van der Waals surface area contributed by atoms with Crippen LogP contribution in [0.5, 0.6) is 0 Å². The van der Waals surface area contributed by atoms with Gasteiger partial charge in [0.2, 0.25) is 10.0 Å². The molecule has 2 N–H and O–H groups in total. The van der Waals surface area contributed by atoms with Gasteiger partial charge in [-0.3, -0.25) is 0 Å². The predicted octanol–water partition coefficient (Wildman–Crippen LogP) is 1.09. The fourth-order valence-corrected chi connectivity index (χ4v) is 3.31. The quantitative estimate of drug-likeness (QED) is 0.663. The van der Waals surface area contributed by atoms with Crippen molar-refractivity contribution in [2.75, 3.05) is 12.3 Å². The van der Waals surface area contributed by atoms with Crippen LogP contribution in [0.25, 0.3) is 0 Å². The maximum absolute atomic E-state index is 11.6. The van der Waals surface area contributed by atoms with E-state index >= 15 is 0 Å². The molecule has 0 amide bonds. The van der Waals surface area contributed by atoms with Gasteiger partial charge in [-0.25, -0.2) is 13.1 Å². The second kappa shape index (κ2) is 5.98. The number of rotatable bonds is 7. The zero-order chi connectivity index (χ0) is 12.2. The zero-order valence-electron chi connectivity index (χ0n) is 10.5. The fourth-order valence-electron chi connectivity index (χ4n) is 1.96. The Hall–Kier alpha value is -0.130. The van der Waals surface area contributed by atoms with Gasteiger partial charge in [-0.1, -0.05) is 20.8 Å². The Balaban J connectivity index is 2.14. The van der Waals surface area contributed by atoms with Gasteiger partial charge in [-0.2, -0.15) is 0 Å². The third-order valence-electron chi connectivity index (χ3n) is 2.86. The molecule has 1 aliphatic rings. The van der Waals surface area contributed by atoms with Crippen LogP contribution in [0.4, 0.5) is 0 Å². The van der Waals surface area contributed by atoms with Crippen molar-refractivity contribution in [1.82, 2.24) is 10.0 Å². The molecule has 0 bridgehead atoms. The summed E-state index contributed by atoms with van der Waals surface area (Å²) in [4.78, 5) is 0. The molecule has 1 aliphatic carbocycles. The van der Waals surface area contributed by atoms with Crippen molar-refractivity contribution < 1.29 is 8.42 Å². The van der Waals surface area contributed by atoms with Crippen LogP contribution in [0.2, 0.25) is 0 Å². The minimum atomic E-state index is -3.05. The topological polar surface area (TPSA) is 58.2 Å². The third-order valence-corrected chi connectivity index (χ3v) is 4.38. The SMILES string of the molecule is CC1CC(NS(=O)(=O)CCCNC(C)C)C1. The van der Waals surface area contributed by atoms with E-state index < -0.39 is 10.0 Å². The largest absolute Gasteiger partial charge is 0.314 e. The monoisotopic (exact) mass is 248 g/mol. The van der Waals surface area contributed by atoms with Gasteiger partial charge in [0, 0.05) is 12.1 Å². The molecule has 0 unspecified atom stereocenters. The molecular formula is C11H24N2O2S. The summed E-state index contributed by atoms with van der Waals surface area (Å²) in [6.45, 7) is 7.03. The maximum atomic E-state index is 11.6. The molecule has 0 heterocycles. The molecule has 0 aromatic rings. The second-order valence-electron chi connectivity index (χ2n) is 5.17. The van der Waals surface area contributed by atoms with Gasteiger partial charge in [-0.15, -0.1) is 0 Å². The van der Waals surface area contributed by atoms with Gasteiger partial charge in [0.15, 0.2) is 0 Å². The highest BCUT2D eigenvalue weighted by atomic mass is 32.2.